The van der Waals surface area contributed by atoms with Crippen LogP contribution in [0.15, 0.2) is 18.2 Å². The molecule has 0 amide bonds. The Balaban J connectivity index is 1.85. The zero-order chi connectivity index (χ0) is 13.4. The predicted molar refractivity (Wildman–Crippen MR) is 70.1 cm³/mol. The van der Waals surface area contributed by atoms with Crippen molar-refractivity contribution in [2.75, 3.05) is 0 Å². The van der Waals surface area contributed by atoms with Crippen LogP contribution in [0.4, 0.5) is 0 Å². The van der Waals surface area contributed by atoms with Gasteiger partial charge >= 0.3 is 5.97 Å². The summed E-state index contributed by atoms with van der Waals surface area (Å²) in [4.78, 5) is 15.4. The van der Waals surface area contributed by atoms with Gasteiger partial charge in [-0.25, -0.2) is 4.79 Å². The van der Waals surface area contributed by atoms with Crippen molar-refractivity contribution in [3.05, 3.63) is 35.2 Å². The van der Waals surface area contributed by atoms with Crippen LogP contribution in [0.2, 0.25) is 0 Å². The molecule has 1 aliphatic rings. The highest BCUT2D eigenvalue weighted by Gasteiger charge is 2.28. The van der Waals surface area contributed by atoms with Gasteiger partial charge < -0.3 is 9.84 Å². The van der Waals surface area contributed by atoms with Gasteiger partial charge in [-0.15, -0.1) is 0 Å². The minimum absolute atomic E-state index is 0.240. The molecule has 0 saturated heterocycles. The van der Waals surface area contributed by atoms with Gasteiger partial charge in [-0.05, 0) is 31.9 Å². The van der Waals surface area contributed by atoms with Gasteiger partial charge in [0, 0.05) is 23.0 Å². The zero-order valence-corrected chi connectivity index (χ0v) is 11.1. The van der Waals surface area contributed by atoms with Gasteiger partial charge in [-0.3, -0.25) is 0 Å². The van der Waals surface area contributed by atoms with Crippen LogP contribution in [0.1, 0.15) is 40.5 Å². The van der Waals surface area contributed by atoms with Gasteiger partial charge in [0.05, 0.1) is 5.56 Å². The highest BCUT2D eigenvalue weighted by atomic mass is 32.1. The standard InChI is InChI=1S/C13H12N2O3S/c1-7-9(12(16)17)3-2-4-10(7)18-13-14-11(15-19-13)8-5-6-8/h2-4,8H,5-6H2,1H3,(H,16,17). The molecule has 0 bridgehead atoms. The normalized spacial score (nSPS) is 14.4. The molecule has 1 saturated carbocycles. The smallest absolute Gasteiger partial charge is 0.336 e. The van der Waals surface area contributed by atoms with Crippen LogP contribution in [-0.4, -0.2) is 20.4 Å². The monoisotopic (exact) mass is 276 g/mol. The van der Waals surface area contributed by atoms with Gasteiger partial charge in [0.1, 0.15) is 11.6 Å². The summed E-state index contributed by atoms with van der Waals surface area (Å²) in [5, 5.41) is 9.53. The molecular weight excluding hydrogens is 264 g/mol. The predicted octanol–water partition coefficient (Wildman–Crippen LogP) is 3.21. The molecule has 1 aromatic heterocycles. The minimum Gasteiger partial charge on any atom is -0.478 e. The Morgan fingerprint density at radius 3 is 2.95 bits per heavy atom. The lowest BCUT2D eigenvalue weighted by molar-refractivity contribution is 0.0695. The first-order valence-electron chi connectivity index (χ1n) is 5.99. The molecule has 0 atom stereocenters. The average Bonchev–Trinajstić information content (AvgIpc) is 3.12. The second-order valence-corrected chi connectivity index (χ2v) is 5.24. The number of aromatic carboxylic acids is 1. The molecule has 1 fully saturated rings. The lowest BCUT2D eigenvalue weighted by Gasteiger charge is -2.07. The van der Waals surface area contributed by atoms with E-state index in [-0.39, 0.29) is 5.56 Å². The highest BCUT2D eigenvalue weighted by Crippen LogP contribution is 2.40. The van der Waals surface area contributed by atoms with Crippen LogP contribution >= 0.6 is 11.5 Å². The van der Waals surface area contributed by atoms with Gasteiger partial charge in [0.2, 0.25) is 0 Å². The summed E-state index contributed by atoms with van der Waals surface area (Å²) in [6, 6.07) is 4.95. The Hall–Kier alpha value is -1.95. The van der Waals surface area contributed by atoms with E-state index in [2.05, 4.69) is 9.36 Å². The van der Waals surface area contributed by atoms with E-state index in [9.17, 15) is 4.79 Å². The van der Waals surface area contributed by atoms with Crippen molar-refractivity contribution in [3.63, 3.8) is 0 Å². The van der Waals surface area contributed by atoms with Crippen molar-refractivity contribution >= 4 is 17.5 Å². The summed E-state index contributed by atoms with van der Waals surface area (Å²) < 4.78 is 9.89. The molecule has 0 spiro atoms. The van der Waals surface area contributed by atoms with Gasteiger partial charge in [-0.2, -0.15) is 9.36 Å². The number of ether oxygens (including phenoxy) is 1. The number of nitrogens with zero attached hydrogens (tertiary/aromatic N) is 2. The van der Waals surface area contributed by atoms with Crippen LogP contribution in [0.3, 0.4) is 0 Å². The molecule has 0 unspecified atom stereocenters. The van der Waals surface area contributed by atoms with Crippen LogP contribution in [0.5, 0.6) is 10.9 Å². The molecule has 1 heterocycles. The maximum Gasteiger partial charge on any atom is 0.336 e. The van der Waals surface area contributed by atoms with Crippen LogP contribution < -0.4 is 4.74 Å². The van der Waals surface area contributed by atoms with Crippen molar-refractivity contribution in [1.29, 1.82) is 0 Å². The average molecular weight is 276 g/mol. The first-order chi connectivity index (χ1) is 9.15. The molecular formula is C13H12N2O3S. The van der Waals surface area contributed by atoms with E-state index in [0.717, 1.165) is 18.7 Å². The second kappa shape index (κ2) is 4.62. The Kier molecular flexibility index (Phi) is 2.94. The molecule has 1 aliphatic carbocycles. The van der Waals surface area contributed by atoms with E-state index >= 15 is 0 Å². The lowest BCUT2D eigenvalue weighted by Crippen LogP contribution is -2.00. The Labute approximate surface area is 114 Å². The van der Waals surface area contributed by atoms with Crippen molar-refractivity contribution in [1.82, 2.24) is 9.36 Å². The van der Waals surface area contributed by atoms with Crippen molar-refractivity contribution in [2.45, 2.75) is 25.7 Å². The van der Waals surface area contributed by atoms with Gasteiger partial charge in [0.15, 0.2) is 0 Å². The molecule has 5 nitrogen and oxygen atoms in total. The molecule has 1 aromatic carbocycles. The Morgan fingerprint density at radius 2 is 2.26 bits per heavy atom. The number of aromatic nitrogens is 2. The molecule has 6 heteroatoms. The summed E-state index contributed by atoms with van der Waals surface area (Å²) in [5.74, 6) is 0.879. The molecule has 19 heavy (non-hydrogen) atoms. The van der Waals surface area contributed by atoms with E-state index < -0.39 is 5.97 Å². The van der Waals surface area contributed by atoms with E-state index in [1.165, 1.54) is 11.5 Å². The van der Waals surface area contributed by atoms with Crippen LogP contribution in [0, 0.1) is 6.92 Å². The molecule has 3 rings (SSSR count). The zero-order valence-electron chi connectivity index (χ0n) is 10.3. The van der Waals surface area contributed by atoms with Gasteiger partial charge in [0.25, 0.3) is 5.19 Å². The number of rotatable bonds is 4. The number of hydrogen-bond donors (Lipinski definition) is 1. The Morgan fingerprint density at radius 1 is 1.47 bits per heavy atom. The number of carboxylic acids is 1. The molecule has 1 N–H and O–H groups in total. The summed E-state index contributed by atoms with van der Waals surface area (Å²) in [5.41, 5.74) is 0.836. The fourth-order valence-corrected chi connectivity index (χ4v) is 2.44. The maximum absolute atomic E-state index is 11.0. The third kappa shape index (κ3) is 2.44. The maximum atomic E-state index is 11.0. The summed E-state index contributed by atoms with van der Waals surface area (Å²) >= 11 is 1.20. The first-order valence-corrected chi connectivity index (χ1v) is 6.77. The SMILES string of the molecule is Cc1c(Oc2nc(C3CC3)ns2)cccc1C(=O)O. The quantitative estimate of drug-likeness (QED) is 0.928. The van der Waals surface area contributed by atoms with E-state index in [4.69, 9.17) is 9.84 Å². The lowest BCUT2D eigenvalue weighted by atomic mass is 10.1. The molecule has 2 aromatic rings. The van der Waals surface area contributed by atoms with Crippen LogP contribution in [0.25, 0.3) is 0 Å². The first kappa shape index (κ1) is 12.1. The van der Waals surface area contributed by atoms with Crippen molar-refractivity contribution in [2.24, 2.45) is 0 Å². The van der Waals surface area contributed by atoms with E-state index in [1.54, 1.807) is 25.1 Å². The summed E-state index contributed by atoms with van der Waals surface area (Å²) in [6.07, 6.45) is 2.29. The highest BCUT2D eigenvalue weighted by molar-refractivity contribution is 7.07. The number of benzene rings is 1. The third-order valence-electron chi connectivity index (χ3n) is 3.08. The largest absolute Gasteiger partial charge is 0.478 e. The third-order valence-corrected chi connectivity index (χ3v) is 3.69. The van der Waals surface area contributed by atoms with E-state index in [0.29, 0.717) is 22.4 Å². The second-order valence-electron chi connectivity index (χ2n) is 4.53. The molecule has 98 valence electrons. The topological polar surface area (TPSA) is 72.3 Å². The number of carboxylic acid groups (broad SMARTS) is 1. The fraction of sp³-hybridized carbons (Fsp3) is 0.308. The Bertz CT molecular complexity index is 635. The minimum atomic E-state index is -0.959. The fourth-order valence-electron chi connectivity index (χ4n) is 1.82. The van der Waals surface area contributed by atoms with Crippen molar-refractivity contribution in [3.8, 4) is 10.9 Å². The van der Waals surface area contributed by atoms with Crippen molar-refractivity contribution < 1.29 is 14.6 Å². The summed E-state index contributed by atoms with van der Waals surface area (Å²) in [7, 11) is 0. The van der Waals surface area contributed by atoms with E-state index in [1.807, 2.05) is 0 Å². The number of hydrogen-bond acceptors (Lipinski definition) is 5. The summed E-state index contributed by atoms with van der Waals surface area (Å²) in [6.45, 7) is 1.72. The molecule has 0 radical (unpaired) electrons. The van der Waals surface area contributed by atoms with Gasteiger partial charge in [-0.1, -0.05) is 6.07 Å². The molecule has 0 aliphatic heterocycles. The number of carbonyl (C=O) groups is 1. The van der Waals surface area contributed by atoms with Crippen LogP contribution in [-0.2, 0) is 0 Å².